The molecule has 1 heterocycles. The Morgan fingerprint density at radius 1 is 1.07 bits per heavy atom. The quantitative estimate of drug-likeness (QED) is 0.343. The molecular formula is C20H17ClN2O2S2. The Balaban J connectivity index is 1.92. The summed E-state index contributed by atoms with van der Waals surface area (Å²) in [6.45, 7) is 3.91. The molecule has 1 aliphatic heterocycles. The summed E-state index contributed by atoms with van der Waals surface area (Å²) in [5.41, 5.74) is 0.612. The maximum absolute atomic E-state index is 13.0. The zero-order chi connectivity index (χ0) is 19.6. The van der Waals surface area contributed by atoms with Gasteiger partial charge in [-0.3, -0.25) is 19.8 Å². The van der Waals surface area contributed by atoms with Gasteiger partial charge in [0.1, 0.15) is 5.57 Å². The summed E-state index contributed by atoms with van der Waals surface area (Å²) >= 11 is 12.7. The number of thiocarbonyl (C=S) groups is 1. The van der Waals surface area contributed by atoms with E-state index in [1.807, 2.05) is 44.2 Å². The van der Waals surface area contributed by atoms with Gasteiger partial charge in [0, 0.05) is 14.7 Å². The van der Waals surface area contributed by atoms with Crippen LogP contribution in [0.15, 0.2) is 71.1 Å². The van der Waals surface area contributed by atoms with Gasteiger partial charge in [0.2, 0.25) is 0 Å². The molecule has 1 aliphatic rings. The summed E-state index contributed by atoms with van der Waals surface area (Å²) in [6.07, 6.45) is 1.69. The van der Waals surface area contributed by atoms with Crippen molar-refractivity contribution in [2.75, 3.05) is 4.90 Å². The van der Waals surface area contributed by atoms with Crippen molar-refractivity contribution in [3.63, 3.8) is 0 Å². The predicted molar refractivity (Wildman–Crippen MR) is 114 cm³/mol. The number of halogens is 1. The van der Waals surface area contributed by atoms with Crippen LogP contribution in [0, 0.1) is 0 Å². The molecule has 2 amide bonds. The van der Waals surface area contributed by atoms with Gasteiger partial charge in [-0.2, -0.15) is 0 Å². The summed E-state index contributed by atoms with van der Waals surface area (Å²) in [5.74, 6) is -0.940. The van der Waals surface area contributed by atoms with Crippen LogP contribution in [0.1, 0.15) is 13.8 Å². The SMILES string of the molecule is CC(C)(C=C1C(=O)NC(=S)N(c2ccc(Cl)cc2)C1=O)Sc1ccccc1. The highest BCUT2D eigenvalue weighted by Crippen LogP contribution is 2.35. The summed E-state index contributed by atoms with van der Waals surface area (Å²) in [5, 5.41) is 3.20. The van der Waals surface area contributed by atoms with Crippen molar-refractivity contribution >= 4 is 58.2 Å². The largest absolute Gasteiger partial charge is 0.298 e. The molecule has 0 spiro atoms. The molecule has 0 aliphatic carbocycles. The zero-order valence-corrected chi connectivity index (χ0v) is 17.1. The lowest BCUT2D eigenvalue weighted by Crippen LogP contribution is -2.54. The van der Waals surface area contributed by atoms with Crippen LogP contribution in [-0.2, 0) is 9.59 Å². The first-order chi connectivity index (χ1) is 12.8. The minimum atomic E-state index is -0.489. The van der Waals surface area contributed by atoms with Crippen molar-refractivity contribution in [1.29, 1.82) is 0 Å². The van der Waals surface area contributed by atoms with Crippen molar-refractivity contribution in [2.24, 2.45) is 0 Å². The fourth-order valence-corrected chi connectivity index (χ4v) is 4.14. The lowest BCUT2D eigenvalue weighted by atomic mass is 10.0. The third kappa shape index (κ3) is 4.58. The van der Waals surface area contributed by atoms with Crippen molar-refractivity contribution in [3.8, 4) is 0 Å². The highest BCUT2D eigenvalue weighted by atomic mass is 35.5. The van der Waals surface area contributed by atoms with E-state index in [-0.39, 0.29) is 10.7 Å². The number of nitrogens with one attached hydrogen (secondary N) is 1. The lowest BCUT2D eigenvalue weighted by Gasteiger charge is -2.30. The normalized spacial score (nSPS) is 16.6. The van der Waals surface area contributed by atoms with Crippen molar-refractivity contribution in [3.05, 3.63) is 71.3 Å². The number of benzene rings is 2. The second kappa shape index (κ2) is 7.84. The average Bonchev–Trinajstić information content (AvgIpc) is 2.61. The van der Waals surface area contributed by atoms with Gasteiger partial charge in [-0.1, -0.05) is 35.9 Å². The van der Waals surface area contributed by atoms with Crippen molar-refractivity contribution in [2.45, 2.75) is 23.5 Å². The van der Waals surface area contributed by atoms with E-state index >= 15 is 0 Å². The van der Waals surface area contributed by atoms with Gasteiger partial charge >= 0.3 is 0 Å². The zero-order valence-electron chi connectivity index (χ0n) is 14.7. The molecule has 27 heavy (non-hydrogen) atoms. The van der Waals surface area contributed by atoms with Crippen LogP contribution < -0.4 is 10.2 Å². The molecule has 138 valence electrons. The van der Waals surface area contributed by atoms with Crippen LogP contribution in [-0.4, -0.2) is 21.7 Å². The van der Waals surface area contributed by atoms with E-state index in [4.69, 9.17) is 23.8 Å². The summed E-state index contributed by atoms with van der Waals surface area (Å²) in [4.78, 5) is 27.8. The first-order valence-electron chi connectivity index (χ1n) is 8.19. The molecule has 3 rings (SSSR count). The van der Waals surface area contributed by atoms with E-state index in [0.717, 1.165) is 4.90 Å². The van der Waals surface area contributed by atoms with Gasteiger partial charge in [-0.05, 0) is 62.5 Å². The van der Waals surface area contributed by atoms with Gasteiger partial charge in [0.25, 0.3) is 11.8 Å². The molecule has 4 nitrogen and oxygen atoms in total. The predicted octanol–water partition coefficient (Wildman–Crippen LogP) is 4.59. The third-order valence-electron chi connectivity index (χ3n) is 3.80. The fraction of sp³-hybridized carbons (Fsp3) is 0.150. The van der Waals surface area contributed by atoms with Crippen LogP contribution in [0.25, 0.3) is 0 Å². The molecule has 1 N–H and O–H groups in total. The van der Waals surface area contributed by atoms with Crippen molar-refractivity contribution in [1.82, 2.24) is 5.32 Å². The van der Waals surface area contributed by atoms with E-state index in [1.165, 1.54) is 4.90 Å². The number of hydrogen-bond donors (Lipinski definition) is 1. The van der Waals surface area contributed by atoms with Gasteiger partial charge in [-0.15, -0.1) is 11.8 Å². The molecule has 0 radical (unpaired) electrons. The molecule has 1 fully saturated rings. The monoisotopic (exact) mass is 416 g/mol. The number of rotatable bonds is 4. The van der Waals surface area contributed by atoms with Crippen LogP contribution in [0.4, 0.5) is 5.69 Å². The molecule has 2 aromatic carbocycles. The fourth-order valence-electron chi connectivity index (χ4n) is 2.65. The molecule has 0 unspecified atom stereocenters. The van der Waals surface area contributed by atoms with Crippen LogP contribution in [0.5, 0.6) is 0 Å². The maximum atomic E-state index is 13.0. The molecule has 0 atom stereocenters. The van der Waals surface area contributed by atoms with Crippen LogP contribution >= 0.6 is 35.6 Å². The summed E-state index contributed by atoms with van der Waals surface area (Å²) in [7, 11) is 0. The number of carbonyl (C=O) groups excluding carboxylic acids is 2. The highest BCUT2D eigenvalue weighted by Gasteiger charge is 2.36. The molecule has 0 saturated carbocycles. The molecular weight excluding hydrogens is 400 g/mol. The molecule has 0 aromatic heterocycles. The Kier molecular flexibility index (Phi) is 5.69. The molecule has 7 heteroatoms. The number of anilines is 1. The van der Waals surface area contributed by atoms with Gasteiger partial charge in [0.15, 0.2) is 5.11 Å². The van der Waals surface area contributed by atoms with Gasteiger partial charge in [0.05, 0.1) is 5.69 Å². The van der Waals surface area contributed by atoms with E-state index in [1.54, 1.807) is 42.1 Å². The number of amides is 2. The van der Waals surface area contributed by atoms with E-state index in [0.29, 0.717) is 10.7 Å². The molecule has 2 aromatic rings. The highest BCUT2D eigenvalue weighted by molar-refractivity contribution is 8.00. The van der Waals surface area contributed by atoms with E-state index in [9.17, 15) is 9.59 Å². The Labute approximate surface area is 172 Å². The van der Waals surface area contributed by atoms with Gasteiger partial charge in [-0.25, -0.2) is 0 Å². The first kappa shape index (κ1) is 19.6. The van der Waals surface area contributed by atoms with Gasteiger partial charge < -0.3 is 0 Å². The number of nitrogens with zero attached hydrogens (tertiary/aromatic N) is 1. The Morgan fingerprint density at radius 2 is 1.70 bits per heavy atom. The minimum Gasteiger partial charge on any atom is -0.298 e. The molecule has 0 bridgehead atoms. The smallest absolute Gasteiger partial charge is 0.269 e. The topological polar surface area (TPSA) is 49.4 Å². The Morgan fingerprint density at radius 3 is 2.33 bits per heavy atom. The van der Waals surface area contributed by atoms with Crippen LogP contribution in [0.2, 0.25) is 5.02 Å². The average molecular weight is 417 g/mol. The second-order valence-electron chi connectivity index (χ2n) is 6.45. The first-order valence-corrected chi connectivity index (χ1v) is 9.79. The maximum Gasteiger partial charge on any atom is 0.269 e. The Hall–Kier alpha value is -2.15. The summed E-state index contributed by atoms with van der Waals surface area (Å²) < 4.78 is -0.478. The van der Waals surface area contributed by atoms with Crippen molar-refractivity contribution < 1.29 is 9.59 Å². The minimum absolute atomic E-state index is 0.0537. The van der Waals surface area contributed by atoms with E-state index in [2.05, 4.69) is 5.32 Å². The number of carbonyl (C=O) groups is 2. The second-order valence-corrected chi connectivity index (χ2v) is 9.00. The lowest BCUT2D eigenvalue weighted by molar-refractivity contribution is -0.122. The van der Waals surface area contributed by atoms with Crippen LogP contribution in [0.3, 0.4) is 0 Å². The summed E-state index contributed by atoms with van der Waals surface area (Å²) in [6, 6.07) is 16.5. The van der Waals surface area contributed by atoms with E-state index < -0.39 is 16.6 Å². The number of thioether (sulfide) groups is 1. The number of hydrogen-bond acceptors (Lipinski definition) is 4. The third-order valence-corrected chi connectivity index (χ3v) is 5.49. The Bertz CT molecular complexity index is 925. The standard InChI is InChI=1S/C20H17ClN2O2S2/c1-20(2,27-15-6-4-3-5-7-15)12-16-17(24)22-19(26)23(18(16)25)14-10-8-13(21)9-11-14/h3-12H,1-2H3,(H,22,24,26). The molecule has 1 saturated heterocycles.